The summed E-state index contributed by atoms with van der Waals surface area (Å²) in [4.78, 5) is 13.1. The molecule has 7 heteroatoms. The largest absolute Gasteiger partial charge is 0.480 e. The molecule has 0 radical (unpaired) electrons. The summed E-state index contributed by atoms with van der Waals surface area (Å²) < 4.78 is 22.5. The number of rotatable bonds is 5. The van der Waals surface area contributed by atoms with Crippen LogP contribution in [0.3, 0.4) is 0 Å². The fraction of sp³-hybridized carbons (Fsp3) is 0.900. The van der Waals surface area contributed by atoms with Gasteiger partial charge in [-0.15, -0.1) is 0 Å². The fourth-order valence-corrected chi connectivity index (χ4v) is 2.97. The lowest BCUT2D eigenvalue weighted by Crippen LogP contribution is -2.51. The average Bonchev–Trinajstić information content (AvgIpc) is 2.27. The Hall–Kier alpha value is -0.660. The Morgan fingerprint density at radius 2 is 1.94 bits per heavy atom. The Morgan fingerprint density at radius 3 is 2.35 bits per heavy atom. The van der Waals surface area contributed by atoms with Crippen molar-refractivity contribution in [3.63, 3.8) is 0 Å². The fourth-order valence-electron chi connectivity index (χ4n) is 1.69. The van der Waals surface area contributed by atoms with Gasteiger partial charge in [0.25, 0.3) is 0 Å². The summed E-state index contributed by atoms with van der Waals surface area (Å²) in [5.74, 6) is -0.531. The third-order valence-electron chi connectivity index (χ3n) is 3.39. The number of carbonyl (C=O) groups is 1. The van der Waals surface area contributed by atoms with Gasteiger partial charge in [0.1, 0.15) is 5.54 Å². The van der Waals surface area contributed by atoms with Gasteiger partial charge in [0.2, 0.25) is 0 Å². The summed E-state index contributed by atoms with van der Waals surface area (Å²) in [7, 11) is -1.25. The van der Waals surface area contributed by atoms with E-state index in [0.717, 1.165) is 0 Å². The van der Waals surface area contributed by atoms with Crippen molar-refractivity contribution in [3.8, 4) is 0 Å². The summed E-state index contributed by atoms with van der Waals surface area (Å²) in [5.41, 5.74) is -0.948. The number of likely N-dealkylation sites (N-methyl/N-ethyl adjacent to an activating group) is 1. The van der Waals surface area contributed by atoms with Crippen LogP contribution in [-0.4, -0.2) is 68.1 Å². The molecule has 1 heterocycles. The van der Waals surface area contributed by atoms with E-state index in [2.05, 4.69) is 5.32 Å². The molecule has 0 amide bonds. The summed E-state index contributed by atoms with van der Waals surface area (Å²) >= 11 is 0. The number of nitrogens with zero attached hydrogens (tertiary/aromatic N) is 1. The molecule has 1 saturated heterocycles. The van der Waals surface area contributed by atoms with Gasteiger partial charge in [-0.25, -0.2) is 8.42 Å². The Kier molecular flexibility index (Phi) is 4.51. The quantitative estimate of drug-likeness (QED) is 0.674. The van der Waals surface area contributed by atoms with Crippen LogP contribution in [0.25, 0.3) is 0 Å². The van der Waals surface area contributed by atoms with Gasteiger partial charge in [0.15, 0.2) is 9.84 Å². The highest BCUT2D eigenvalue weighted by atomic mass is 32.2. The van der Waals surface area contributed by atoms with Gasteiger partial charge >= 0.3 is 5.97 Å². The van der Waals surface area contributed by atoms with Gasteiger partial charge in [-0.2, -0.15) is 0 Å². The van der Waals surface area contributed by atoms with Gasteiger partial charge in [0, 0.05) is 19.6 Å². The van der Waals surface area contributed by atoms with E-state index in [4.69, 9.17) is 5.11 Å². The summed E-state index contributed by atoms with van der Waals surface area (Å²) in [5, 5.41) is 11.9. The zero-order chi connectivity index (χ0) is 13.1. The van der Waals surface area contributed by atoms with E-state index < -0.39 is 21.3 Å². The van der Waals surface area contributed by atoms with Gasteiger partial charge in [0.05, 0.1) is 11.5 Å². The molecule has 0 aromatic heterocycles. The lowest BCUT2D eigenvalue weighted by molar-refractivity contribution is -0.144. The lowest BCUT2D eigenvalue weighted by Gasteiger charge is -2.31. The van der Waals surface area contributed by atoms with Crippen molar-refractivity contribution in [2.45, 2.75) is 18.9 Å². The maximum Gasteiger partial charge on any atom is 0.323 e. The Balaban J connectivity index is 2.44. The SMILES string of the molecule is CNC(C)(CCN1CCS(=O)(=O)CC1)C(=O)O. The molecule has 1 aliphatic rings. The molecule has 1 fully saturated rings. The van der Waals surface area contributed by atoms with E-state index in [1.54, 1.807) is 14.0 Å². The van der Waals surface area contributed by atoms with E-state index in [-0.39, 0.29) is 11.5 Å². The van der Waals surface area contributed by atoms with Gasteiger partial charge in [-0.3, -0.25) is 4.79 Å². The van der Waals surface area contributed by atoms with Crippen molar-refractivity contribution in [3.05, 3.63) is 0 Å². The molecule has 6 nitrogen and oxygen atoms in total. The molecule has 0 aromatic rings. The van der Waals surface area contributed by atoms with Crippen molar-refractivity contribution in [1.29, 1.82) is 0 Å². The van der Waals surface area contributed by atoms with Crippen LogP contribution in [0.5, 0.6) is 0 Å². The Labute approximate surface area is 102 Å². The Bertz CT molecular complexity index is 368. The minimum atomic E-state index is -2.86. The number of hydrogen-bond acceptors (Lipinski definition) is 5. The highest BCUT2D eigenvalue weighted by molar-refractivity contribution is 7.91. The van der Waals surface area contributed by atoms with Crippen molar-refractivity contribution >= 4 is 15.8 Å². The summed E-state index contributed by atoms with van der Waals surface area (Å²) in [6, 6.07) is 0. The van der Waals surface area contributed by atoms with E-state index >= 15 is 0 Å². The second-order valence-electron chi connectivity index (χ2n) is 4.63. The van der Waals surface area contributed by atoms with Crippen LogP contribution < -0.4 is 5.32 Å². The van der Waals surface area contributed by atoms with Crippen molar-refractivity contribution < 1.29 is 18.3 Å². The van der Waals surface area contributed by atoms with Gasteiger partial charge < -0.3 is 15.3 Å². The number of carboxylic acid groups (broad SMARTS) is 1. The van der Waals surface area contributed by atoms with Crippen molar-refractivity contribution in [2.75, 3.05) is 38.2 Å². The molecule has 0 saturated carbocycles. The first-order valence-electron chi connectivity index (χ1n) is 5.64. The van der Waals surface area contributed by atoms with E-state index in [1.165, 1.54) is 0 Å². The van der Waals surface area contributed by atoms with Crippen LogP contribution in [0.4, 0.5) is 0 Å². The molecule has 1 rings (SSSR count). The van der Waals surface area contributed by atoms with Crippen molar-refractivity contribution in [2.24, 2.45) is 0 Å². The van der Waals surface area contributed by atoms with Crippen LogP contribution in [-0.2, 0) is 14.6 Å². The molecule has 1 atom stereocenters. The van der Waals surface area contributed by atoms with Crippen LogP contribution in [0.15, 0.2) is 0 Å². The van der Waals surface area contributed by atoms with Crippen molar-refractivity contribution in [1.82, 2.24) is 10.2 Å². The maximum absolute atomic E-state index is 11.2. The highest BCUT2D eigenvalue weighted by Crippen LogP contribution is 2.12. The molecule has 0 aliphatic carbocycles. The number of aliphatic carboxylic acids is 1. The zero-order valence-electron chi connectivity index (χ0n) is 10.3. The predicted molar refractivity (Wildman–Crippen MR) is 64.8 cm³/mol. The predicted octanol–water partition coefficient (Wildman–Crippen LogP) is -0.830. The van der Waals surface area contributed by atoms with E-state index in [9.17, 15) is 13.2 Å². The van der Waals surface area contributed by atoms with Crippen LogP contribution in [0.1, 0.15) is 13.3 Å². The molecule has 0 spiro atoms. The monoisotopic (exact) mass is 264 g/mol. The molecule has 2 N–H and O–H groups in total. The van der Waals surface area contributed by atoms with Gasteiger partial charge in [-0.1, -0.05) is 0 Å². The minimum Gasteiger partial charge on any atom is -0.480 e. The normalized spacial score (nSPS) is 24.1. The molecule has 0 aromatic carbocycles. The topological polar surface area (TPSA) is 86.7 Å². The van der Waals surface area contributed by atoms with Gasteiger partial charge in [-0.05, 0) is 20.4 Å². The second kappa shape index (κ2) is 5.32. The first kappa shape index (κ1) is 14.4. The molecular formula is C10H20N2O4S. The number of nitrogens with one attached hydrogen (secondary N) is 1. The smallest absolute Gasteiger partial charge is 0.323 e. The van der Waals surface area contributed by atoms with Crippen LogP contribution >= 0.6 is 0 Å². The average molecular weight is 264 g/mol. The second-order valence-corrected chi connectivity index (χ2v) is 6.93. The molecular weight excluding hydrogens is 244 g/mol. The summed E-state index contributed by atoms with van der Waals surface area (Å²) in [6.07, 6.45) is 0.457. The van der Waals surface area contributed by atoms with Crippen LogP contribution in [0.2, 0.25) is 0 Å². The van der Waals surface area contributed by atoms with E-state index in [1.807, 2.05) is 4.90 Å². The number of carboxylic acids is 1. The first-order valence-corrected chi connectivity index (χ1v) is 7.46. The van der Waals surface area contributed by atoms with E-state index in [0.29, 0.717) is 26.1 Å². The molecule has 100 valence electrons. The molecule has 0 bridgehead atoms. The molecule has 1 aliphatic heterocycles. The lowest BCUT2D eigenvalue weighted by atomic mass is 9.98. The standard InChI is InChI=1S/C10H20N2O4S/c1-10(11-2,9(13)14)3-4-12-5-7-17(15,16)8-6-12/h11H,3-8H2,1-2H3,(H,13,14). The maximum atomic E-state index is 11.2. The zero-order valence-corrected chi connectivity index (χ0v) is 11.1. The number of hydrogen-bond donors (Lipinski definition) is 2. The third kappa shape index (κ3) is 3.93. The molecule has 1 unspecified atom stereocenters. The first-order chi connectivity index (χ1) is 7.79. The summed E-state index contributed by atoms with van der Waals surface area (Å²) in [6.45, 7) is 3.23. The Morgan fingerprint density at radius 1 is 1.41 bits per heavy atom. The number of sulfone groups is 1. The molecule has 17 heavy (non-hydrogen) atoms. The third-order valence-corrected chi connectivity index (χ3v) is 5.00. The van der Waals surface area contributed by atoms with Crippen LogP contribution in [0, 0.1) is 0 Å². The highest BCUT2D eigenvalue weighted by Gasteiger charge is 2.32. The minimum absolute atomic E-state index is 0.177.